The van der Waals surface area contributed by atoms with Crippen LogP contribution in [0.3, 0.4) is 0 Å². The number of piperazine rings is 1. The molecule has 0 aliphatic carbocycles. The van der Waals surface area contributed by atoms with Crippen LogP contribution in [-0.4, -0.2) is 57.6 Å². The fraction of sp³-hybridized carbons (Fsp3) is 0.500. The van der Waals surface area contributed by atoms with Crippen molar-refractivity contribution in [2.24, 2.45) is 0 Å². The second-order valence-corrected chi connectivity index (χ2v) is 6.17. The number of nitrogens with one attached hydrogen (secondary N) is 1. The molecule has 0 bridgehead atoms. The van der Waals surface area contributed by atoms with Gasteiger partial charge in [-0.05, 0) is 6.07 Å². The van der Waals surface area contributed by atoms with E-state index in [4.69, 9.17) is 23.2 Å². The van der Waals surface area contributed by atoms with E-state index in [0.717, 1.165) is 50.5 Å². The molecular weight excluding hydrogens is 323 g/mol. The van der Waals surface area contributed by atoms with Gasteiger partial charge in [0.2, 0.25) is 0 Å². The van der Waals surface area contributed by atoms with Crippen molar-refractivity contribution in [3.05, 3.63) is 39.9 Å². The first kappa shape index (κ1) is 15.7. The fourth-order valence-corrected chi connectivity index (χ4v) is 2.89. The fourth-order valence-electron chi connectivity index (χ4n) is 2.45. The molecule has 0 unspecified atom stereocenters. The van der Waals surface area contributed by atoms with Crippen LogP contribution < -0.4 is 5.32 Å². The number of nitrogens with zero attached hydrogens (tertiary/aromatic N) is 5. The SMILES string of the molecule is Clc1cnc(Cn2cc(CCN3CCNCC3)nn2)c(Cl)c1. The second kappa shape index (κ2) is 7.37. The van der Waals surface area contributed by atoms with Crippen molar-refractivity contribution in [3.63, 3.8) is 0 Å². The van der Waals surface area contributed by atoms with Crippen molar-refractivity contribution in [1.82, 2.24) is 30.2 Å². The number of hydrogen-bond donors (Lipinski definition) is 1. The van der Waals surface area contributed by atoms with Crippen LogP contribution in [0.4, 0.5) is 0 Å². The minimum Gasteiger partial charge on any atom is -0.314 e. The lowest BCUT2D eigenvalue weighted by molar-refractivity contribution is 0.243. The van der Waals surface area contributed by atoms with Crippen LogP contribution in [0, 0.1) is 0 Å². The van der Waals surface area contributed by atoms with Crippen molar-refractivity contribution in [3.8, 4) is 0 Å². The highest BCUT2D eigenvalue weighted by atomic mass is 35.5. The molecule has 3 rings (SSSR count). The van der Waals surface area contributed by atoms with Crippen LogP contribution in [0.25, 0.3) is 0 Å². The number of halogens is 2. The van der Waals surface area contributed by atoms with E-state index < -0.39 is 0 Å². The molecule has 6 nitrogen and oxygen atoms in total. The molecule has 2 aromatic rings. The molecule has 3 heterocycles. The maximum atomic E-state index is 6.13. The summed E-state index contributed by atoms with van der Waals surface area (Å²) in [6, 6.07) is 1.69. The van der Waals surface area contributed by atoms with Gasteiger partial charge in [0.05, 0.1) is 28.0 Å². The Morgan fingerprint density at radius 3 is 2.82 bits per heavy atom. The third kappa shape index (κ3) is 4.16. The summed E-state index contributed by atoms with van der Waals surface area (Å²) in [4.78, 5) is 6.67. The van der Waals surface area contributed by atoms with Crippen molar-refractivity contribution >= 4 is 23.2 Å². The van der Waals surface area contributed by atoms with Crippen LogP contribution in [0.1, 0.15) is 11.4 Å². The zero-order chi connectivity index (χ0) is 15.4. The summed E-state index contributed by atoms with van der Waals surface area (Å²) in [7, 11) is 0. The van der Waals surface area contributed by atoms with Gasteiger partial charge in [-0.1, -0.05) is 28.4 Å². The molecule has 1 aliphatic rings. The highest BCUT2D eigenvalue weighted by Crippen LogP contribution is 2.19. The third-order valence-electron chi connectivity index (χ3n) is 3.68. The largest absolute Gasteiger partial charge is 0.314 e. The summed E-state index contributed by atoms with van der Waals surface area (Å²) in [6.45, 7) is 5.83. The summed E-state index contributed by atoms with van der Waals surface area (Å²) < 4.78 is 1.76. The van der Waals surface area contributed by atoms with Gasteiger partial charge in [-0.2, -0.15) is 0 Å². The minimum atomic E-state index is 0.497. The Morgan fingerprint density at radius 2 is 2.05 bits per heavy atom. The monoisotopic (exact) mass is 340 g/mol. The van der Waals surface area contributed by atoms with Crippen molar-refractivity contribution in [2.75, 3.05) is 32.7 Å². The summed E-state index contributed by atoms with van der Waals surface area (Å²) in [5, 5.41) is 12.8. The summed E-state index contributed by atoms with van der Waals surface area (Å²) in [6.07, 6.45) is 4.45. The topological polar surface area (TPSA) is 58.9 Å². The van der Waals surface area contributed by atoms with E-state index in [2.05, 4.69) is 25.5 Å². The van der Waals surface area contributed by atoms with Crippen molar-refractivity contribution < 1.29 is 0 Å². The van der Waals surface area contributed by atoms with E-state index >= 15 is 0 Å². The third-order valence-corrected chi connectivity index (χ3v) is 4.21. The van der Waals surface area contributed by atoms with Gasteiger partial charge in [0.15, 0.2) is 0 Å². The maximum Gasteiger partial charge on any atom is 0.0864 e. The van der Waals surface area contributed by atoms with Crippen molar-refractivity contribution in [1.29, 1.82) is 0 Å². The van der Waals surface area contributed by atoms with Gasteiger partial charge in [-0.15, -0.1) is 5.10 Å². The second-order valence-electron chi connectivity index (χ2n) is 5.33. The molecule has 1 N–H and O–H groups in total. The van der Waals surface area contributed by atoms with Crippen molar-refractivity contribution in [2.45, 2.75) is 13.0 Å². The number of pyridine rings is 1. The van der Waals surface area contributed by atoms with Crippen LogP contribution >= 0.6 is 23.2 Å². The number of aromatic nitrogens is 4. The molecule has 8 heteroatoms. The first-order chi connectivity index (χ1) is 10.7. The van der Waals surface area contributed by atoms with E-state index in [1.807, 2.05) is 6.20 Å². The molecule has 22 heavy (non-hydrogen) atoms. The molecule has 1 aliphatic heterocycles. The zero-order valence-corrected chi connectivity index (χ0v) is 13.7. The first-order valence-electron chi connectivity index (χ1n) is 7.33. The lowest BCUT2D eigenvalue weighted by atomic mass is 10.3. The van der Waals surface area contributed by atoms with Gasteiger partial charge in [-0.3, -0.25) is 4.98 Å². The number of hydrogen-bond acceptors (Lipinski definition) is 5. The number of rotatable bonds is 5. The van der Waals surface area contributed by atoms with Crippen LogP contribution in [-0.2, 0) is 13.0 Å². The Kier molecular flexibility index (Phi) is 5.25. The Labute approximate surface area is 139 Å². The molecule has 0 amide bonds. The van der Waals surface area contributed by atoms with E-state index in [1.54, 1.807) is 16.9 Å². The molecule has 1 saturated heterocycles. The van der Waals surface area contributed by atoms with E-state index in [9.17, 15) is 0 Å². The molecule has 0 radical (unpaired) electrons. The predicted molar refractivity (Wildman–Crippen MR) is 86.4 cm³/mol. The standard InChI is InChI=1S/C14H18Cl2N6/c15-11-7-13(16)14(18-8-11)10-22-9-12(19-20-22)1-4-21-5-2-17-3-6-21/h7-9,17H,1-6,10H2. The average molecular weight is 341 g/mol. The normalized spacial score (nSPS) is 16.1. The molecule has 0 spiro atoms. The van der Waals surface area contributed by atoms with Gasteiger partial charge in [0.25, 0.3) is 0 Å². The minimum absolute atomic E-state index is 0.497. The average Bonchev–Trinajstić information content (AvgIpc) is 2.97. The Balaban J connectivity index is 1.56. The molecule has 0 aromatic carbocycles. The lowest BCUT2D eigenvalue weighted by Crippen LogP contribution is -2.44. The highest BCUT2D eigenvalue weighted by molar-refractivity contribution is 6.34. The van der Waals surface area contributed by atoms with Crippen LogP contribution in [0.2, 0.25) is 10.0 Å². The Morgan fingerprint density at radius 1 is 1.23 bits per heavy atom. The maximum absolute atomic E-state index is 6.13. The summed E-state index contributed by atoms with van der Waals surface area (Å²) in [5.41, 5.74) is 1.73. The van der Waals surface area contributed by atoms with Gasteiger partial charge in [0.1, 0.15) is 0 Å². The van der Waals surface area contributed by atoms with Gasteiger partial charge in [0, 0.05) is 51.5 Å². The lowest BCUT2D eigenvalue weighted by Gasteiger charge is -2.26. The molecule has 1 fully saturated rings. The zero-order valence-electron chi connectivity index (χ0n) is 12.2. The van der Waals surface area contributed by atoms with Gasteiger partial charge < -0.3 is 10.2 Å². The molecular formula is C14H18Cl2N6. The van der Waals surface area contributed by atoms with Gasteiger partial charge >= 0.3 is 0 Å². The van der Waals surface area contributed by atoms with Crippen LogP contribution in [0.15, 0.2) is 18.5 Å². The Hall–Kier alpha value is -1.21. The molecule has 2 aromatic heterocycles. The molecule has 0 saturated carbocycles. The quantitative estimate of drug-likeness (QED) is 0.893. The molecule has 0 atom stereocenters. The van der Waals surface area contributed by atoms with E-state index in [1.165, 1.54) is 0 Å². The van der Waals surface area contributed by atoms with Gasteiger partial charge in [-0.25, -0.2) is 4.68 Å². The van der Waals surface area contributed by atoms with Crippen LogP contribution in [0.5, 0.6) is 0 Å². The highest BCUT2D eigenvalue weighted by Gasteiger charge is 2.11. The van der Waals surface area contributed by atoms with E-state index in [0.29, 0.717) is 16.6 Å². The summed E-state index contributed by atoms with van der Waals surface area (Å²) in [5.74, 6) is 0. The predicted octanol–water partition coefficient (Wildman–Crippen LogP) is 1.48. The van der Waals surface area contributed by atoms with E-state index in [-0.39, 0.29) is 0 Å². The molecule has 118 valence electrons. The smallest absolute Gasteiger partial charge is 0.0864 e. The Bertz CT molecular complexity index is 624. The first-order valence-corrected chi connectivity index (χ1v) is 8.08. The summed E-state index contributed by atoms with van der Waals surface area (Å²) >= 11 is 12.0.